The number of fused-ring (bicyclic) bond motifs is 7. The molecule has 0 unspecified atom stereocenters. The molecule has 0 saturated heterocycles. The first-order chi connectivity index (χ1) is 32.2. The molecule has 11 rings (SSSR count). The minimum Gasteiger partial charge on any atom is -0.499 e. The number of hydrogen-bond donors (Lipinski definition) is 0. The Balaban J connectivity index is 0.000000289. The van der Waals surface area contributed by atoms with Crippen LogP contribution in [0.25, 0.3) is 94.6 Å². The van der Waals surface area contributed by atoms with Gasteiger partial charge in [-0.2, -0.15) is 0 Å². The molecule has 0 spiro atoms. The third-order valence-electron chi connectivity index (χ3n) is 12.0. The Kier molecular flexibility index (Phi) is 10.7. The number of nitrogens with zero attached hydrogens (tertiary/aromatic N) is 4. The van der Waals surface area contributed by atoms with Crippen molar-refractivity contribution in [1.29, 1.82) is 0 Å². The van der Waals surface area contributed by atoms with E-state index in [9.17, 15) is 0 Å². The van der Waals surface area contributed by atoms with Crippen LogP contribution in [0.3, 0.4) is 0 Å². The molecule has 5 heterocycles. The minimum absolute atomic E-state index is 0. The average molecular weight is 1030 g/mol. The minimum atomic E-state index is -2.32. The van der Waals surface area contributed by atoms with Gasteiger partial charge in [0.15, 0.2) is 0 Å². The van der Waals surface area contributed by atoms with Crippen molar-refractivity contribution in [3.05, 3.63) is 180 Å². The molecule has 0 aliphatic heterocycles. The van der Waals surface area contributed by atoms with Gasteiger partial charge in [-0.3, -0.25) is 4.98 Å². The van der Waals surface area contributed by atoms with E-state index in [1.807, 2.05) is 66.9 Å². The first-order valence-corrected chi connectivity index (χ1v) is 21.9. The Labute approximate surface area is 398 Å². The first-order valence-electron chi connectivity index (χ1n) is 23.4. The Bertz CT molecular complexity index is 3590. The summed E-state index contributed by atoms with van der Waals surface area (Å²) in [6.07, 6.45) is 1.87. The first kappa shape index (κ1) is 39.9. The van der Waals surface area contributed by atoms with Gasteiger partial charge >= 0.3 is 0 Å². The summed E-state index contributed by atoms with van der Waals surface area (Å²) >= 11 is 0. The van der Waals surface area contributed by atoms with Gasteiger partial charge in [0.25, 0.3) is 0 Å². The summed E-state index contributed by atoms with van der Waals surface area (Å²) < 4.78 is 39.2. The van der Waals surface area contributed by atoms with Crippen LogP contribution in [0.4, 0.5) is 0 Å². The summed E-state index contributed by atoms with van der Waals surface area (Å²) in [4.78, 5) is 14.6. The van der Waals surface area contributed by atoms with E-state index in [2.05, 4.69) is 137 Å². The second-order valence-electron chi connectivity index (χ2n) is 18.1. The maximum atomic E-state index is 8.02. The largest absolute Gasteiger partial charge is 0.499 e. The zero-order valence-corrected chi connectivity index (χ0v) is 39.8. The molecule has 0 aliphatic carbocycles. The van der Waals surface area contributed by atoms with Gasteiger partial charge < -0.3 is 18.4 Å². The standard InChI is InChI=1S/C43H34N3O2.C15H16N.Ir/c1-24(2)32-21-28(27-14-7-6-8-15-27)22-33(25(3)4)39(32)46-36-20-10-9-19-35(36)44-42(46)31-18-12-17-30-38-37(47-41(30)31)23-34-29-16-11-13-26(5)40(29)48-43(34)45-38;1-15(2,3)13-9-10-16-14(11-13)12-7-5-4-6-8-12;/h6-17,19-25H,1-5H3;4-7,9-11H,1-3H3;/q2*-1;/i5D3;;. The predicted octanol–water partition coefficient (Wildman–Crippen LogP) is 15.8. The van der Waals surface area contributed by atoms with Crippen molar-refractivity contribution < 1.29 is 33.1 Å². The fourth-order valence-electron chi connectivity index (χ4n) is 8.66. The number of aromatic nitrogens is 4. The van der Waals surface area contributed by atoms with Crippen molar-refractivity contribution in [3.8, 4) is 39.5 Å². The van der Waals surface area contributed by atoms with Crippen LogP contribution >= 0.6 is 0 Å². The summed E-state index contributed by atoms with van der Waals surface area (Å²) in [7, 11) is 0. The predicted molar refractivity (Wildman–Crippen MR) is 263 cm³/mol. The van der Waals surface area contributed by atoms with Gasteiger partial charge in [-0.15, -0.1) is 54.1 Å². The van der Waals surface area contributed by atoms with Crippen LogP contribution in [0.1, 0.15) is 86.7 Å². The average Bonchev–Trinajstić information content (AvgIpc) is 4.01. The molecule has 0 bridgehead atoms. The third kappa shape index (κ3) is 7.98. The zero-order valence-electron chi connectivity index (χ0n) is 40.4. The van der Waals surface area contributed by atoms with E-state index in [0.29, 0.717) is 38.8 Å². The fourth-order valence-corrected chi connectivity index (χ4v) is 8.66. The van der Waals surface area contributed by atoms with Crippen LogP contribution in [0.5, 0.6) is 0 Å². The van der Waals surface area contributed by atoms with E-state index >= 15 is 0 Å². The third-order valence-corrected chi connectivity index (χ3v) is 12.0. The molecule has 6 nitrogen and oxygen atoms in total. The molecule has 1 radical (unpaired) electrons. The van der Waals surface area contributed by atoms with Crippen molar-refractivity contribution in [2.24, 2.45) is 0 Å². The van der Waals surface area contributed by atoms with E-state index < -0.39 is 6.85 Å². The van der Waals surface area contributed by atoms with Crippen molar-refractivity contribution in [2.45, 2.75) is 72.6 Å². The summed E-state index contributed by atoms with van der Waals surface area (Å²) in [5.74, 6) is 1.18. The molecule has 6 aromatic carbocycles. The van der Waals surface area contributed by atoms with Crippen molar-refractivity contribution >= 4 is 55.2 Å². The molecule has 0 amide bonds. The Morgan fingerprint density at radius 3 is 2.14 bits per heavy atom. The summed E-state index contributed by atoms with van der Waals surface area (Å²) in [6, 6.07) is 53.2. The van der Waals surface area contributed by atoms with Gasteiger partial charge in [0.05, 0.1) is 27.8 Å². The fraction of sp³-hybridized carbons (Fsp3) is 0.190. The van der Waals surface area contributed by atoms with Crippen LogP contribution in [0.2, 0.25) is 0 Å². The molecule has 11 aromatic rings. The number of hydrogen-bond acceptors (Lipinski definition) is 5. The number of para-hydroxylation sites is 3. The Hall–Kier alpha value is -6.66. The molecule has 7 heteroatoms. The molecule has 325 valence electrons. The van der Waals surface area contributed by atoms with E-state index in [1.54, 1.807) is 12.1 Å². The second-order valence-corrected chi connectivity index (χ2v) is 18.1. The molecular weight excluding hydrogens is 977 g/mol. The van der Waals surface area contributed by atoms with Gasteiger partial charge in [0.2, 0.25) is 5.71 Å². The maximum absolute atomic E-state index is 8.02. The molecule has 0 saturated carbocycles. The SMILES string of the molecule is CC(C)(C)c1ccnc(-c2[c-]cccc2)c1.[2H]C([2H])([2H])c1cccc2c1oc1nc3c(cc12)oc1c(-c2nc4ccccc4n2-c2c(C(C)C)cc(-c4ccccc4)cc2C(C)C)[c-]ccc13.[Ir]. The summed E-state index contributed by atoms with van der Waals surface area (Å²) in [5.41, 5.74) is 14.7. The van der Waals surface area contributed by atoms with Crippen molar-refractivity contribution in [3.63, 3.8) is 0 Å². The number of furan rings is 2. The Morgan fingerprint density at radius 2 is 1.42 bits per heavy atom. The molecular formula is C58H50IrN4O2-2. The summed E-state index contributed by atoms with van der Waals surface area (Å²) in [5, 5.41) is 2.17. The van der Waals surface area contributed by atoms with Crippen LogP contribution in [-0.4, -0.2) is 19.5 Å². The topological polar surface area (TPSA) is 69.9 Å². The number of pyridine rings is 2. The van der Waals surface area contributed by atoms with Crippen LogP contribution < -0.4 is 0 Å². The van der Waals surface area contributed by atoms with Crippen LogP contribution in [0.15, 0.2) is 155 Å². The van der Waals surface area contributed by atoms with Crippen LogP contribution in [0, 0.1) is 19.0 Å². The molecule has 0 aliphatic rings. The number of benzene rings is 6. The van der Waals surface area contributed by atoms with Crippen LogP contribution in [-0.2, 0) is 25.5 Å². The quantitative estimate of drug-likeness (QED) is 0.155. The number of aryl methyl sites for hydroxylation is 1. The Morgan fingerprint density at radius 1 is 0.662 bits per heavy atom. The number of imidazole rings is 1. The van der Waals surface area contributed by atoms with E-state index in [0.717, 1.165) is 44.8 Å². The van der Waals surface area contributed by atoms with E-state index in [1.165, 1.54) is 27.8 Å². The van der Waals surface area contributed by atoms with Crippen molar-refractivity contribution in [2.75, 3.05) is 0 Å². The maximum Gasteiger partial charge on any atom is 0.228 e. The van der Waals surface area contributed by atoms with Gasteiger partial charge in [-0.25, -0.2) is 4.98 Å². The summed E-state index contributed by atoms with van der Waals surface area (Å²) in [6.45, 7) is 13.3. The number of rotatable bonds is 6. The smallest absolute Gasteiger partial charge is 0.228 e. The molecule has 65 heavy (non-hydrogen) atoms. The zero-order chi connectivity index (χ0) is 46.8. The molecule has 0 fully saturated rings. The molecule has 5 aromatic heterocycles. The van der Waals surface area contributed by atoms with E-state index in [4.69, 9.17) is 22.9 Å². The van der Waals surface area contributed by atoms with Gasteiger partial charge in [-0.05, 0) is 105 Å². The molecule has 0 N–H and O–H groups in total. The normalized spacial score (nSPS) is 12.7. The van der Waals surface area contributed by atoms with Gasteiger partial charge in [0, 0.05) is 41.5 Å². The van der Waals surface area contributed by atoms with E-state index in [-0.39, 0.29) is 42.9 Å². The van der Waals surface area contributed by atoms with Crippen molar-refractivity contribution in [1.82, 2.24) is 19.5 Å². The monoisotopic (exact) mass is 1030 g/mol. The van der Waals surface area contributed by atoms with Gasteiger partial charge in [0.1, 0.15) is 16.7 Å². The second kappa shape index (κ2) is 17.4. The van der Waals surface area contributed by atoms with Gasteiger partial charge in [-0.1, -0.05) is 121 Å². The molecule has 0 atom stereocenters.